The van der Waals surface area contributed by atoms with Gasteiger partial charge in [0.05, 0.1) is 11.4 Å². The SMILES string of the molecule is C/N=C1/C(c2ccc(C)cc2)=CC=C(c2ccc(C)cc2)/C1=N/C. The maximum atomic E-state index is 4.55. The van der Waals surface area contributed by atoms with Gasteiger partial charge in [0.2, 0.25) is 0 Å². The third kappa shape index (κ3) is 3.00. The summed E-state index contributed by atoms with van der Waals surface area (Å²) in [6.07, 6.45) is 4.30. The molecule has 0 bridgehead atoms. The summed E-state index contributed by atoms with van der Waals surface area (Å²) in [4.78, 5) is 9.10. The largest absolute Gasteiger partial charge is 0.286 e. The lowest BCUT2D eigenvalue weighted by molar-refractivity contribution is 1.41. The second-order valence-corrected chi connectivity index (χ2v) is 6.04. The van der Waals surface area contributed by atoms with E-state index in [1.54, 1.807) is 0 Å². The quantitative estimate of drug-likeness (QED) is 0.703. The van der Waals surface area contributed by atoms with Crippen LogP contribution in [-0.4, -0.2) is 25.5 Å². The molecule has 0 heterocycles. The maximum absolute atomic E-state index is 4.55. The van der Waals surface area contributed by atoms with E-state index < -0.39 is 0 Å². The Morgan fingerprint density at radius 3 is 1.17 bits per heavy atom. The molecule has 0 saturated carbocycles. The molecule has 0 spiro atoms. The van der Waals surface area contributed by atoms with Crippen molar-refractivity contribution in [1.82, 2.24) is 0 Å². The highest BCUT2D eigenvalue weighted by molar-refractivity contribution is 6.69. The highest BCUT2D eigenvalue weighted by Gasteiger charge is 2.22. The van der Waals surface area contributed by atoms with Gasteiger partial charge in [-0.2, -0.15) is 0 Å². The second-order valence-electron chi connectivity index (χ2n) is 6.04. The monoisotopic (exact) mass is 314 g/mol. The lowest BCUT2D eigenvalue weighted by Gasteiger charge is -2.20. The van der Waals surface area contributed by atoms with Gasteiger partial charge in [-0.25, -0.2) is 0 Å². The molecular weight excluding hydrogens is 292 g/mol. The van der Waals surface area contributed by atoms with Crippen LogP contribution in [0.1, 0.15) is 22.3 Å². The molecule has 0 unspecified atom stereocenters. The molecule has 0 aliphatic heterocycles. The molecule has 24 heavy (non-hydrogen) atoms. The maximum Gasteiger partial charge on any atom is 0.0907 e. The molecule has 2 aromatic rings. The van der Waals surface area contributed by atoms with Crippen LogP contribution in [0.25, 0.3) is 11.1 Å². The molecule has 3 rings (SSSR count). The van der Waals surface area contributed by atoms with Gasteiger partial charge < -0.3 is 0 Å². The van der Waals surface area contributed by atoms with E-state index in [0.29, 0.717) is 0 Å². The zero-order valence-corrected chi connectivity index (χ0v) is 14.7. The standard InChI is InChI=1S/C22H22N2/c1-15-5-9-17(10-6-15)19-13-14-20(22(24-4)21(19)23-3)18-11-7-16(2)8-12-18/h5-14H,1-4H3/b23-21-,24-22-. The molecule has 0 atom stereocenters. The van der Waals surface area contributed by atoms with Crippen molar-refractivity contribution >= 4 is 22.6 Å². The van der Waals surface area contributed by atoms with Crippen molar-refractivity contribution < 1.29 is 0 Å². The molecule has 0 radical (unpaired) electrons. The molecular formula is C22H22N2. The third-order valence-corrected chi connectivity index (χ3v) is 4.32. The van der Waals surface area contributed by atoms with Crippen LogP contribution in [0.15, 0.2) is 70.7 Å². The van der Waals surface area contributed by atoms with E-state index in [-0.39, 0.29) is 0 Å². The number of hydrogen-bond donors (Lipinski definition) is 0. The molecule has 1 aliphatic rings. The number of benzene rings is 2. The summed E-state index contributed by atoms with van der Waals surface area (Å²) in [5.74, 6) is 0. The first-order chi connectivity index (χ1) is 11.6. The van der Waals surface area contributed by atoms with Crippen molar-refractivity contribution in [3.63, 3.8) is 0 Å². The lowest BCUT2D eigenvalue weighted by atomic mass is 9.86. The molecule has 2 aromatic carbocycles. The van der Waals surface area contributed by atoms with E-state index >= 15 is 0 Å². The van der Waals surface area contributed by atoms with Crippen LogP contribution in [0.2, 0.25) is 0 Å². The zero-order chi connectivity index (χ0) is 17.1. The third-order valence-electron chi connectivity index (χ3n) is 4.32. The average molecular weight is 314 g/mol. The molecule has 2 nitrogen and oxygen atoms in total. The minimum absolute atomic E-state index is 0.944. The van der Waals surface area contributed by atoms with E-state index in [0.717, 1.165) is 22.6 Å². The number of aryl methyl sites for hydroxylation is 2. The molecule has 0 amide bonds. The van der Waals surface area contributed by atoms with Gasteiger partial charge in [0.25, 0.3) is 0 Å². The van der Waals surface area contributed by atoms with Gasteiger partial charge in [-0.05, 0) is 25.0 Å². The Balaban J connectivity index is 2.12. The van der Waals surface area contributed by atoms with E-state index in [2.05, 4.69) is 84.5 Å². The lowest BCUT2D eigenvalue weighted by Crippen LogP contribution is -2.21. The van der Waals surface area contributed by atoms with Gasteiger partial charge in [-0.15, -0.1) is 0 Å². The Morgan fingerprint density at radius 1 is 0.542 bits per heavy atom. The summed E-state index contributed by atoms with van der Waals surface area (Å²) < 4.78 is 0. The minimum atomic E-state index is 0.944. The normalized spacial score (nSPS) is 17.8. The molecule has 0 N–H and O–H groups in total. The molecule has 120 valence electrons. The zero-order valence-electron chi connectivity index (χ0n) is 14.7. The number of allylic oxidation sites excluding steroid dienone is 4. The summed E-state index contributed by atoms with van der Waals surface area (Å²) in [5.41, 5.74) is 8.97. The number of rotatable bonds is 2. The van der Waals surface area contributed by atoms with Crippen LogP contribution in [0.5, 0.6) is 0 Å². The van der Waals surface area contributed by atoms with Crippen LogP contribution < -0.4 is 0 Å². The first-order valence-corrected chi connectivity index (χ1v) is 8.15. The summed E-state index contributed by atoms with van der Waals surface area (Å²) in [6, 6.07) is 17.1. The van der Waals surface area contributed by atoms with Gasteiger partial charge in [-0.1, -0.05) is 71.8 Å². The fraction of sp³-hybridized carbons (Fsp3) is 0.182. The van der Waals surface area contributed by atoms with Crippen molar-refractivity contribution in [3.05, 3.63) is 82.9 Å². The van der Waals surface area contributed by atoms with Crippen LogP contribution in [0.3, 0.4) is 0 Å². The smallest absolute Gasteiger partial charge is 0.0907 e. The number of hydrogen-bond acceptors (Lipinski definition) is 2. The van der Waals surface area contributed by atoms with Crippen molar-refractivity contribution in [1.29, 1.82) is 0 Å². The Morgan fingerprint density at radius 2 is 0.875 bits per heavy atom. The fourth-order valence-electron chi connectivity index (χ4n) is 2.96. The molecule has 0 saturated heterocycles. The predicted molar refractivity (Wildman–Crippen MR) is 105 cm³/mol. The van der Waals surface area contributed by atoms with Crippen LogP contribution in [-0.2, 0) is 0 Å². The summed E-state index contributed by atoms with van der Waals surface area (Å²) in [5, 5.41) is 0. The molecule has 0 fully saturated rings. The van der Waals surface area contributed by atoms with Crippen molar-refractivity contribution in [2.45, 2.75) is 13.8 Å². The molecule has 0 aromatic heterocycles. The first-order valence-electron chi connectivity index (χ1n) is 8.15. The fourth-order valence-corrected chi connectivity index (χ4v) is 2.96. The Labute approximate surface area is 144 Å². The van der Waals surface area contributed by atoms with E-state index in [9.17, 15) is 0 Å². The Kier molecular flexibility index (Phi) is 4.57. The van der Waals surface area contributed by atoms with E-state index in [4.69, 9.17) is 0 Å². The summed E-state index contributed by atoms with van der Waals surface area (Å²) in [7, 11) is 3.67. The highest BCUT2D eigenvalue weighted by atomic mass is 14.8. The average Bonchev–Trinajstić information content (AvgIpc) is 2.62. The summed E-state index contributed by atoms with van der Waals surface area (Å²) >= 11 is 0. The Hall–Kier alpha value is -2.74. The van der Waals surface area contributed by atoms with Gasteiger partial charge in [-0.3, -0.25) is 9.98 Å². The van der Waals surface area contributed by atoms with Crippen LogP contribution in [0.4, 0.5) is 0 Å². The number of aliphatic imine (C=N–C) groups is 2. The number of nitrogens with zero attached hydrogens (tertiary/aromatic N) is 2. The van der Waals surface area contributed by atoms with Gasteiger partial charge in [0.1, 0.15) is 0 Å². The molecule has 2 heteroatoms. The van der Waals surface area contributed by atoms with E-state index in [1.165, 1.54) is 22.3 Å². The van der Waals surface area contributed by atoms with Crippen molar-refractivity contribution in [2.24, 2.45) is 9.98 Å². The second kappa shape index (κ2) is 6.79. The first kappa shape index (κ1) is 16.1. The molecule has 1 aliphatic carbocycles. The highest BCUT2D eigenvalue weighted by Crippen LogP contribution is 2.29. The van der Waals surface area contributed by atoms with Crippen LogP contribution >= 0.6 is 0 Å². The topological polar surface area (TPSA) is 24.7 Å². The predicted octanol–water partition coefficient (Wildman–Crippen LogP) is 4.93. The van der Waals surface area contributed by atoms with Gasteiger partial charge in [0.15, 0.2) is 0 Å². The van der Waals surface area contributed by atoms with Gasteiger partial charge in [0, 0.05) is 25.2 Å². The van der Waals surface area contributed by atoms with Crippen molar-refractivity contribution in [3.8, 4) is 0 Å². The van der Waals surface area contributed by atoms with Gasteiger partial charge >= 0.3 is 0 Å². The van der Waals surface area contributed by atoms with Crippen LogP contribution in [0, 0.1) is 13.8 Å². The minimum Gasteiger partial charge on any atom is -0.286 e. The summed E-state index contributed by atoms with van der Waals surface area (Å²) in [6.45, 7) is 4.20. The van der Waals surface area contributed by atoms with Crippen molar-refractivity contribution in [2.75, 3.05) is 14.1 Å². The Bertz CT molecular complexity index is 786. The van der Waals surface area contributed by atoms with E-state index in [1.807, 2.05) is 14.1 Å².